The Morgan fingerprint density at radius 3 is 3.00 bits per heavy atom. The molecule has 0 saturated carbocycles. The van der Waals surface area contributed by atoms with Gasteiger partial charge in [0.2, 0.25) is 0 Å². The van der Waals surface area contributed by atoms with Gasteiger partial charge in [-0.1, -0.05) is 0 Å². The fraction of sp³-hybridized carbons (Fsp3) is 1.00. The van der Waals surface area contributed by atoms with Gasteiger partial charge in [-0.3, -0.25) is 0 Å². The van der Waals surface area contributed by atoms with Crippen LogP contribution in [0, 0.1) is 0 Å². The Bertz CT molecular complexity index is 119. The minimum atomic E-state index is 0.337. The van der Waals surface area contributed by atoms with Gasteiger partial charge in [0.25, 0.3) is 0 Å². The summed E-state index contributed by atoms with van der Waals surface area (Å²) in [6.45, 7) is 3.72. The van der Waals surface area contributed by atoms with E-state index in [9.17, 15) is 0 Å². The molecule has 0 amide bonds. The number of likely N-dealkylation sites (N-methyl/N-ethyl adjacent to an activating group) is 1. The molecule has 0 aromatic carbocycles. The SMILES string of the molecule is CN1CCNCC1CCCCO. The zero-order chi connectivity index (χ0) is 8.81. The first kappa shape index (κ1) is 9.96. The first-order valence-electron chi connectivity index (χ1n) is 4.86. The van der Waals surface area contributed by atoms with Gasteiger partial charge >= 0.3 is 0 Å². The molecule has 0 aromatic rings. The zero-order valence-electron chi connectivity index (χ0n) is 7.92. The second-order valence-corrected chi connectivity index (χ2v) is 3.56. The molecule has 3 nitrogen and oxygen atoms in total. The van der Waals surface area contributed by atoms with Crippen LogP contribution in [0.5, 0.6) is 0 Å². The molecule has 72 valence electrons. The Hall–Kier alpha value is -0.120. The van der Waals surface area contributed by atoms with Crippen molar-refractivity contribution < 1.29 is 5.11 Å². The summed E-state index contributed by atoms with van der Waals surface area (Å²) in [4.78, 5) is 2.41. The molecule has 1 unspecified atom stereocenters. The number of aliphatic hydroxyl groups is 1. The van der Waals surface area contributed by atoms with Crippen LogP contribution in [-0.4, -0.2) is 49.3 Å². The second-order valence-electron chi connectivity index (χ2n) is 3.56. The highest BCUT2D eigenvalue weighted by molar-refractivity contribution is 4.76. The molecule has 0 radical (unpaired) electrons. The predicted octanol–water partition coefficient (Wildman–Crippen LogP) is 0.0526. The van der Waals surface area contributed by atoms with Crippen molar-refractivity contribution in [2.45, 2.75) is 25.3 Å². The summed E-state index contributed by atoms with van der Waals surface area (Å²) < 4.78 is 0. The van der Waals surface area contributed by atoms with Gasteiger partial charge in [-0.15, -0.1) is 0 Å². The molecule has 1 aliphatic rings. The van der Waals surface area contributed by atoms with E-state index in [4.69, 9.17) is 5.11 Å². The molecule has 1 fully saturated rings. The van der Waals surface area contributed by atoms with Crippen LogP contribution in [0.15, 0.2) is 0 Å². The highest BCUT2D eigenvalue weighted by Gasteiger charge is 2.17. The van der Waals surface area contributed by atoms with Crippen molar-refractivity contribution in [1.29, 1.82) is 0 Å². The summed E-state index contributed by atoms with van der Waals surface area (Å²) >= 11 is 0. The summed E-state index contributed by atoms with van der Waals surface area (Å²) in [5.41, 5.74) is 0. The normalized spacial score (nSPS) is 26.0. The minimum absolute atomic E-state index is 0.337. The van der Waals surface area contributed by atoms with Gasteiger partial charge in [-0.25, -0.2) is 0 Å². The molecular formula is C9H20N2O. The molecule has 1 aliphatic heterocycles. The van der Waals surface area contributed by atoms with Gasteiger partial charge in [0.05, 0.1) is 0 Å². The van der Waals surface area contributed by atoms with Crippen molar-refractivity contribution in [1.82, 2.24) is 10.2 Å². The van der Waals surface area contributed by atoms with E-state index in [-0.39, 0.29) is 0 Å². The van der Waals surface area contributed by atoms with Gasteiger partial charge in [0, 0.05) is 32.3 Å². The lowest BCUT2D eigenvalue weighted by molar-refractivity contribution is 0.182. The number of aliphatic hydroxyl groups excluding tert-OH is 1. The Morgan fingerprint density at radius 1 is 1.50 bits per heavy atom. The number of hydrogen-bond donors (Lipinski definition) is 2. The summed E-state index contributed by atoms with van der Waals surface area (Å²) in [6, 6.07) is 0.685. The van der Waals surface area contributed by atoms with E-state index in [0.29, 0.717) is 12.6 Å². The molecule has 3 heteroatoms. The second kappa shape index (κ2) is 5.51. The molecule has 12 heavy (non-hydrogen) atoms. The fourth-order valence-electron chi connectivity index (χ4n) is 1.68. The number of nitrogens with zero attached hydrogens (tertiary/aromatic N) is 1. The van der Waals surface area contributed by atoms with Crippen molar-refractivity contribution in [3.05, 3.63) is 0 Å². The first-order chi connectivity index (χ1) is 5.84. The highest BCUT2D eigenvalue weighted by Crippen LogP contribution is 2.08. The highest BCUT2D eigenvalue weighted by atomic mass is 16.2. The third kappa shape index (κ3) is 3.09. The molecular weight excluding hydrogens is 152 g/mol. The van der Waals surface area contributed by atoms with Gasteiger partial charge in [-0.05, 0) is 26.3 Å². The topological polar surface area (TPSA) is 35.5 Å². The van der Waals surface area contributed by atoms with Gasteiger partial charge in [0.15, 0.2) is 0 Å². The average Bonchev–Trinajstić information content (AvgIpc) is 2.09. The third-order valence-corrected chi connectivity index (χ3v) is 2.59. The van der Waals surface area contributed by atoms with Crippen molar-refractivity contribution in [2.24, 2.45) is 0 Å². The number of unbranched alkanes of at least 4 members (excludes halogenated alkanes) is 1. The summed E-state index contributed by atoms with van der Waals surface area (Å²) in [5, 5.41) is 12.0. The lowest BCUT2D eigenvalue weighted by atomic mass is 10.1. The molecule has 1 atom stereocenters. The lowest BCUT2D eigenvalue weighted by Gasteiger charge is -2.33. The van der Waals surface area contributed by atoms with Gasteiger partial charge in [0.1, 0.15) is 0 Å². The Balaban J connectivity index is 2.11. The molecule has 1 heterocycles. The van der Waals surface area contributed by atoms with Crippen LogP contribution in [0.4, 0.5) is 0 Å². The van der Waals surface area contributed by atoms with E-state index >= 15 is 0 Å². The Labute approximate surface area is 74.8 Å². The quantitative estimate of drug-likeness (QED) is 0.588. The van der Waals surface area contributed by atoms with Gasteiger partial charge in [-0.2, -0.15) is 0 Å². The third-order valence-electron chi connectivity index (χ3n) is 2.59. The van der Waals surface area contributed by atoms with E-state index in [1.807, 2.05) is 0 Å². The van der Waals surface area contributed by atoms with Crippen LogP contribution < -0.4 is 5.32 Å². The standard InChI is InChI=1S/C9H20N2O/c1-11-6-5-10-8-9(11)4-2-3-7-12/h9-10,12H,2-8H2,1H3. The first-order valence-corrected chi connectivity index (χ1v) is 4.86. The van der Waals surface area contributed by atoms with Crippen molar-refractivity contribution in [2.75, 3.05) is 33.3 Å². The zero-order valence-corrected chi connectivity index (χ0v) is 7.92. The average molecular weight is 172 g/mol. The van der Waals surface area contributed by atoms with E-state index in [0.717, 1.165) is 32.5 Å². The number of piperazine rings is 1. The molecule has 0 spiro atoms. The fourth-order valence-corrected chi connectivity index (χ4v) is 1.68. The Kier molecular flexibility index (Phi) is 4.58. The maximum absolute atomic E-state index is 8.63. The molecule has 1 saturated heterocycles. The molecule has 0 aromatic heterocycles. The monoisotopic (exact) mass is 172 g/mol. The Morgan fingerprint density at radius 2 is 2.33 bits per heavy atom. The van der Waals surface area contributed by atoms with Crippen molar-refractivity contribution in [3.8, 4) is 0 Å². The molecule has 0 aliphatic carbocycles. The van der Waals surface area contributed by atoms with Crippen LogP contribution in [0.3, 0.4) is 0 Å². The summed E-state index contributed by atoms with van der Waals surface area (Å²) in [7, 11) is 2.18. The van der Waals surface area contributed by atoms with Gasteiger partial charge < -0.3 is 15.3 Å². The van der Waals surface area contributed by atoms with Crippen LogP contribution in [-0.2, 0) is 0 Å². The maximum atomic E-state index is 8.63. The summed E-state index contributed by atoms with van der Waals surface area (Å²) in [6.07, 6.45) is 3.31. The van der Waals surface area contributed by atoms with Crippen molar-refractivity contribution >= 4 is 0 Å². The number of nitrogens with one attached hydrogen (secondary N) is 1. The van der Waals surface area contributed by atoms with E-state index < -0.39 is 0 Å². The van der Waals surface area contributed by atoms with Crippen LogP contribution >= 0.6 is 0 Å². The number of hydrogen-bond acceptors (Lipinski definition) is 3. The smallest absolute Gasteiger partial charge is 0.0431 e. The van der Waals surface area contributed by atoms with Crippen molar-refractivity contribution in [3.63, 3.8) is 0 Å². The van der Waals surface area contributed by atoms with E-state index in [1.54, 1.807) is 0 Å². The minimum Gasteiger partial charge on any atom is -0.396 e. The number of rotatable bonds is 4. The molecule has 0 bridgehead atoms. The lowest BCUT2D eigenvalue weighted by Crippen LogP contribution is -2.49. The predicted molar refractivity (Wildman–Crippen MR) is 50.2 cm³/mol. The molecule has 2 N–H and O–H groups in total. The maximum Gasteiger partial charge on any atom is 0.0431 e. The largest absolute Gasteiger partial charge is 0.396 e. The van der Waals surface area contributed by atoms with E-state index in [2.05, 4.69) is 17.3 Å². The van der Waals surface area contributed by atoms with Crippen LogP contribution in [0.1, 0.15) is 19.3 Å². The molecule has 1 rings (SSSR count). The van der Waals surface area contributed by atoms with Crippen LogP contribution in [0.25, 0.3) is 0 Å². The van der Waals surface area contributed by atoms with Crippen LogP contribution in [0.2, 0.25) is 0 Å². The van der Waals surface area contributed by atoms with E-state index in [1.165, 1.54) is 6.42 Å². The summed E-state index contributed by atoms with van der Waals surface area (Å²) in [5.74, 6) is 0.